The van der Waals surface area contributed by atoms with E-state index in [0.29, 0.717) is 39.9 Å². The van der Waals surface area contributed by atoms with Gasteiger partial charge < -0.3 is 10.6 Å². The first-order chi connectivity index (χ1) is 9.61. The second-order valence-corrected chi connectivity index (χ2v) is 5.51. The smallest absolute Gasteiger partial charge is 0.220 e. The summed E-state index contributed by atoms with van der Waals surface area (Å²) in [6.07, 6.45) is 2.97. The van der Waals surface area contributed by atoms with Gasteiger partial charge in [0.05, 0.1) is 27.3 Å². The maximum atomic E-state index is 11.1. The van der Waals surface area contributed by atoms with Crippen molar-refractivity contribution >= 4 is 46.0 Å². The molecule has 7 heteroatoms. The van der Waals surface area contributed by atoms with Crippen LogP contribution in [0.25, 0.3) is 11.0 Å². The molecule has 5 nitrogen and oxygen atoms in total. The summed E-state index contributed by atoms with van der Waals surface area (Å²) in [4.78, 5) is 19.9. The molecule has 2 heterocycles. The van der Waals surface area contributed by atoms with Crippen molar-refractivity contribution in [2.75, 3.05) is 11.9 Å². The van der Waals surface area contributed by atoms with E-state index in [-0.39, 0.29) is 11.9 Å². The summed E-state index contributed by atoms with van der Waals surface area (Å²) < 4.78 is 0. The molecule has 1 aromatic carbocycles. The van der Waals surface area contributed by atoms with E-state index in [0.717, 1.165) is 6.42 Å². The Morgan fingerprint density at radius 2 is 2.00 bits per heavy atom. The Bertz CT molecular complexity index is 667. The summed E-state index contributed by atoms with van der Waals surface area (Å²) in [5.41, 5.74) is 1.38. The van der Waals surface area contributed by atoms with Crippen molar-refractivity contribution in [3.63, 3.8) is 0 Å². The number of piperidine rings is 1. The Morgan fingerprint density at radius 1 is 1.25 bits per heavy atom. The molecule has 1 fully saturated rings. The topological polar surface area (TPSA) is 66.9 Å². The Kier molecular flexibility index (Phi) is 3.63. The summed E-state index contributed by atoms with van der Waals surface area (Å²) >= 11 is 11.9. The zero-order chi connectivity index (χ0) is 14.1. The highest BCUT2D eigenvalue weighted by Gasteiger charge is 2.18. The minimum atomic E-state index is 0.0917. The van der Waals surface area contributed by atoms with Crippen molar-refractivity contribution in [3.05, 3.63) is 28.4 Å². The van der Waals surface area contributed by atoms with Crippen LogP contribution < -0.4 is 10.6 Å². The number of nitrogens with zero attached hydrogens (tertiary/aromatic N) is 2. The molecule has 0 spiro atoms. The van der Waals surface area contributed by atoms with Gasteiger partial charge >= 0.3 is 0 Å². The third kappa shape index (κ3) is 2.78. The number of rotatable bonds is 2. The number of anilines is 1. The molecule has 1 atom stereocenters. The van der Waals surface area contributed by atoms with Gasteiger partial charge in [0.2, 0.25) is 5.91 Å². The molecule has 0 bridgehead atoms. The molecule has 1 saturated heterocycles. The van der Waals surface area contributed by atoms with Crippen LogP contribution in [0.15, 0.2) is 18.3 Å². The third-order valence-corrected chi connectivity index (χ3v) is 3.92. The van der Waals surface area contributed by atoms with E-state index < -0.39 is 0 Å². The number of carbonyl (C=O) groups excluding carboxylic acids is 1. The van der Waals surface area contributed by atoms with Crippen molar-refractivity contribution in [2.24, 2.45) is 0 Å². The van der Waals surface area contributed by atoms with Crippen molar-refractivity contribution in [1.29, 1.82) is 0 Å². The molecule has 1 aliphatic heterocycles. The Labute approximate surface area is 125 Å². The van der Waals surface area contributed by atoms with Crippen LogP contribution in [0.3, 0.4) is 0 Å². The number of fused-ring (bicyclic) bond motifs is 1. The zero-order valence-corrected chi connectivity index (χ0v) is 12.0. The SMILES string of the molecule is O=C1CCC(Nc2cnc3cc(Cl)c(Cl)cc3n2)CN1. The van der Waals surface area contributed by atoms with E-state index in [1.807, 2.05) is 0 Å². The molecule has 0 aliphatic carbocycles. The number of hydrogen-bond acceptors (Lipinski definition) is 4. The summed E-state index contributed by atoms with van der Waals surface area (Å²) in [5, 5.41) is 7.00. The third-order valence-electron chi connectivity index (χ3n) is 3.20. The van der Waals surface area contributed by atoms with Gasteiger partial charge in [-0.3, -0.25) is 9.78 Å². The lowest BCUT2D eigenvalue weighted by Gasteiger charge is -2.23. The van der Waals surface area contributed by atoms with Crippen molar-refractivity contribution < 1.29 is 4.79 Å². The maximum Gasteiger partial charge on any atom is 0.220 e. The highest BCUT2D eigenvalue weighted by molar-refractivity contribution is 6.42. The minimum absolute atomic E-state index is 0.0917. The van der Waals surface area contributed by atoms with Gasteiger partial charge in [-0.15, -0.1) is 0 Å². The predicted octanol–water partition coefficient (Wildman–Crippen LogP) is 2.63. The van der Waals surface area contributed by atoms with Crippen LogP contribution in [-0.2, 0) is 4.79 Å². The number of amides is 1. The highest BCUT2D eigenvalue weighted by atomic mass is 35.5. The number of benzene rings is 1. The normalized spacial score (nSPS) is 18.9. The van der Waals surface area contributed by atoms with Gasteiger partial charge in [-0.2, -0.15) is 0 Å². The van der Waals surface area contributed by atoms with Crippen LogP contribution in [0.2, 0.25) is 10.0 Å². The molecule has 1 aliphatic rings. The van der Waals surface area contributed by atoms with E-state index in [4.69, 9.17) is 23.2 Å². The Morgan fingerprint density at radius 3 is 2.70 bits per heavy atom. The van der Waals surface area contributed by atoms with Crippen LogP contribution in [0, 0.1) is 0 Å². The van der Waals surface area contributed by atoms with Gasteiger partial charge in [0.15, 0.2) is 0 Å². The van der Waals surface area contributed by atoms with Gasteiger partial charge in [-0.25, -0.2) is 4.98 Å². The number of carbonyl (C=O) groups is 1. The first kappa shape index (κ1) is 13.4. The van der Waals surface area contributed by atoms with Gasteiger partial charge in [0.25, 0.3) is 0 Å². The fraction of sp³-hybridized carbons (Fsp3) is 0.308. The first-order valence-electron chi connectivity index (χ1n) is 6.27. The molecule has 2 N–H and O–H groups in total. The highest BCUT2D eigenvalue weighted by Crippen LogP contribution is 2.26. The quantitative estimate of drug-likeness (QED) is 0.895. The Hall–Kier alpha value is -1.59. The van der Waals surface area contributed by atoms with Crippen LogP contribution in [0.1, 0.15) is 12.8 Å². The molecular weight excluding hydrogens is 299 g/mol. The molecule has 1 aromatic heterocycles. The van der Waals surface area contributed by atoms with E-state index in [1.54, 1.807) is 18.3 Å². The first-order valence-corrected chi connectivity index (χ1v) is 7.02. The van der Waals surface area contributed by atoms with Crippen LogP contribution in [0.4, 0.5) is 5.82 Å². The molecule has 104 valence electrons. The van der Waals surface area contributed by atoms with Crippen LogP contribution in [-0.4, -0.2) is 28.5 Å². The summed E-state index contributed by atoms with van der Waals surface area (Å²) in [6, 6.07) is 3.55. The zero-order valence-electron chi connectivity index (χ0n) is 10.5. The standard InChI is InChI=1S/C13H12Cl2N4O/c14-8-3-10-11(4-9(8)15)19-12(6-16-10)18-7-1-2-13(20)17-5-7/h3-4,6-7H,1-2,5H2,(H,17,20)(H,18,19). The molecule has 3 rings (SSSR count). The monoisotopic (exact) mass is 310 g/mol. The average molecular weight is 311 g/mol. The maximum absolute atomic E-state index is 11.1. The summed E-state index contributed by atoms with van der Waals surface area (Å²) in [7, 11) is 0. The van der Waals surface area contributed by atoms with Gasteiger partial charge in [-0.1, -0.05) is 23.2 Å². The van der Waals surface area contributed by atoms with Crippen molar-refractivity contribution in [3.8, 4) is 0 Å². The molecule has 2 aromatic rings. The van der Waals surface area contributed by atoms with Crippen molar-refractivity contribution in [1.82, 2.24) is 15.3 Å². The number of aromatic nitrogens is 2. The lowest BCUT2D eigenvalue weighted by Crippen LogP contribution is -2.42. The number of nitrogens with one attached hydrogen (secondary N) is 2. The number of halogens is 2. The second kappa shape index (κ2) is 5.42. The summed E-state index contributed by atoms with van der Waals surface area (Å²) in [5.74, 6) is 0.756. The molecule has 0 radical (unpaired) electrons. The van der Waals surface area contributed by atoms with Crippen LogP contribution in [0.5, 0.6) is 0 Å². The minimum Gasteiger partial charge on any atom is -0.364 e. The van der Waals surface area contributed by atoms with Gasteiger partial charge in [0.1, 0.15) is 5.82 Å². The van der Waals surface area contributed by atoms with Gasteiger partial charge in [-0.05, 0) is 18.6 Å². The van der Waals surface area contributed by atoms with E-state index >= 15 is 0 Å². The second-order valence-electron chi connectivity index (χ2n) is 4.69. The predicted molar refractivity (Wildman–Crippen MR) is 79.2 cm³/mol. The lowest BCUT2D eigenvalue weighted by molar-refractivity contribution is -0.122. The lowest BCUT2D eigenvalue weighted by atomic mass is 10.1. The van der Waals surface area contributed by atoms with E-state index in [9.17, 15) is 4.79 Å². The number of hydrogen-bond donors (Lipinski definition) is 2. The molecule has 1 amide bonds. The van der Waals surface area contributed by atoms with Gasteiger partial charge in [0, 0.05) is 19.0 Å². The van der Waals surface area contributed by atoms with Crippen molar-refractivity contribution in [2.45, 2.75) is 18.9 Å². The fourth-order valence-corrected chi connectivity index (χ4v) is 2.46. The largest absolute Gasteiger partial charge is 0.364 e. The average Bonchev–Trinajstić information content (AvgIpc) is 2.43. The molecule has 1 unspecified atom stereocenters. The summed E-state index contributed by atoms with van der Waals surface area (Å²) in [6.45, 7) is 0.597. The van der Waals surface area contributed by atoms with E-state index in [2.05, 4.69) is 20.6 Å². The fourth-order valence-electron chi connectivity index (χ4n) is 2.14. The van der Waals surface area contributed by atoms with Crippen LogP contribution >= 0.6 is 23.2 Å². The molecular formula is C13H12Cl2N4O. The van der Waals surface area contributed by atoms with E-state index in [1.165, 1.54) is 0 Å². The Balaban J connectivity index is 1.82. The molecule has 20 heavy (non-hydrogen) atoms. The molecule has 0 saturated carbocycles.